The van der Waals surface area contributed by atoms with E-state index in [0.717, 1.165) is 12.0 Å². The van der Waals surface area contributed by atoms with E-state index in [1.807, 2.05) is 24.4 Å². The van der Waals surface area contributed by atoms with Crippen LogP contribution in [0.4, 0.5) is 9.18 Å². The van der Waals surface area contributed by atoms with Crippen molar-refractivity contribution in [3.05, 3.63) is 58.0 Å². The normalized spacial score (nSPS) is 11.9. The van der Waals surface area contributed by atoms with Crippen LogP contribution in [0, 0.1) is 5.82 Å². The van der Waals surface area contributed by atoms with Crippen LogP contribution in [0.1, 0.15) is 17.4 Å². The molecule has 2 aromatic rings. The number of rotatable bonds is 6. The molecule has 2 rings (SSSR count). The van der Waals surface area contributed by atoms with E-state index in [1.54, 1.807) is 17.4 Å². The lowest BCUT2D eigenvalue weighted by molar-refractivity contribution is 0.238. The van der Waals surface area contributed by atoms with Crippen molar-refractivity contribution in [1.82, 2.24) is 10.6 Å². The maximum absolute atomic E-state index is 13.0. The summed E-state index contributed by atoms with van der Waals surface area (Å²) in [5.41, 5.74) is 0.877. The minimum Gasteiger partial charge on any atom is -0.338 e. The number of nitrogens with one attached hydrogen (secondary N) is 2. The Morgan fingerprint density at radius 1 is 1.33 bits per heavy atom. The van der Waals surface area contributed by atoms with Crippen molar-refractivity contribution in [2.24, 2.45) is 0 Å². The fourth-order valence-electron chi connectivity index (χ4n) is 2.07. The molecular weight excluding hydrogens is 287 g/mol. The SMILES string of the molecule is CC(Cc1cccs1)NC(=O)NCCc1cccc(F)c1. The number of amides is 2. The molecule has 0 bridgehead atoms. The van der Waals surface area contributed by atoms with E-state index in [1.165, 1.54) is 17.0 Å². The Morgan fingerprint density at radius 2 is 2.19 bits per heavy atom. The second-order valence-corrected chi connectivity index (χ2v) is 6.00. The van der Waals surface area contributed by atoms with E-state index in [0.29, 0.717) is 13.0 Å². The zero-order chi connectivity index (χ0) is 15.1. The van der Waals surface area contributed by atoms with Gasteiger partial charge in [-0.3, -0.25) is 0 Å². The number of urea groups is 1. The third-order valence-corrected chi connectivity index (χ3v) is 3.95. The summed E-state index contributed by atoms with van der Waals surface area (Å²) in [6.45, 7) is 2.47. The second kappa shape index (κ2) is 7.78. The highest BCUT2D eigenvalue weighted by Crippen LogP contribution is 2.10. The smallest absolute Gasteiger partial charge is 0.315 e. The molecule has 0 spiro atoms. The first-order chi connectivity index (χ1) is 10.1. The van der Waals surface area contributed by atoms with Gasteiger partial charge in [-0.2, -0.15) is 0 Å². The third kappa shape index (κ3) is 5.55. The van der Waals surface area contributed by atoms with Crippen LogP contribution in [-0.2, 0) is 12.8 Å². The van der Waals surface area contributed by atoms with E-state index < -0.39 is 0 Å². The van der Waals surface area contributed by atoms with Crippen molar-refractivity contribution in [2.45, 2.75) is 25.8 Å². The van der Waals surface area contributed by atoms with Gasteiger partial charge < -0.3 is 10.6 Å². The van der Waals surface area contributed by atoms with E-state index in [-0.39, 0.29) is 17.9 Å². The highest BCUT2D eigenvalue weighted by atomic mass is 32.1. The Balaban J connectivity index is 1.67. The van der Waals surface area contributed by atoms with Crippen LogP contribution in [0.15, 0.2) is 41.8 Å². The summed E-state index contributed by atoms with van der Waals surface area (Å²) in [4.78, 5) is 13.0. The Labute approximate surface area is 128 Å². The molecule has 1 aromatic carbocycles. The summed E-state index contributed by atoms with van der Waals surface area (Å²) >= 11 is 1.69. The van der Waals surface area contributed by atoms with Crippen LogP contribution in [0.5, 0.6) is 0 Å². The fourth-order valence-corrected chi connectivity index (χ4v) is 2.90. The average molecular weight is 306 g/mol. The molecule has 21 heavy (non-hydrogen) atoms. The van der Waals surface area contributed by atoms with Gasteiger partial charge >= 0.3 is 6.03 Å². The molecule has 0 fully saturated rings. The Kier molecular flexibility index (Phi) is 5.75. The minimum atomic E-state index is -0.249. The van der Waals surface area contributed by atoms with Crippen molar-refractivity contribution in [3.63, 3.8) is 0 Å². The zero-order valence-corrected chi connectivity index (χ0v) is 12.8. The summed E-state index contributed by atoms with van der Waals surface area (Å²) in [5, 5.41) is 7.72. The summed E-state index contributed by atoms with van der Waals surface area (Å²) in [6, 6.07) is 10.4. The Morgan fingerprint density at radius 3 is 2.90 bits per heavy atom. The van der Waals surface area contributed by atoms with Crippen molar-refractivity contribution < 1.29 is 9.18 Å². The molecule has 1 unspecified atom stereocenters. The topological polar surface area (TPSA) is 41.1 Å². The lowest BCUT2D eigenvalue weighted by Crippen LogP contribution is -2.42. The maximum Gasteiger partial charge on any atom is 0.315 e. The number of hydrogen-bond acceptors (Lipinski definition) is 2. The van der Waals surface area contributed by atoms with Crippen LogP contribution in [0.3, 0.4) is 0 Å². The Bertz CT molecular complexity index is 571. The molecule has 2 amide bonds. The van der Waals surface area contributed by atoms with Crippen molar-refractivity contribution in [1.29, 1.82) is 0 Å². The molecule has 1 heterocycles. The average Bonchev–Trinajstić information content (AvgIpc) is 2.91. The lowest BCUT2D eigenvalue weighted by atomic mass is 10.1. The molecule has 0 radical (unpaired) electrons. The number of hydrogen-bond donors (Lipinski definition) is 2. The highest BCUT2D eigenvalue weighted by Gasteiger charge is 2.08. The van der Waals surface area contributed by atoms with Crippen LogP contribution < -0.4 is 10.6 Å². The van der Waals surface area contributed by atoms with Crippen molar-refractivity contribution in [3.8, 4) is 0 Å². The maximum atomic E-state index is 13.0. The molecule has 1 atom stereocenters. The molecule has 3 nitrogen and oxygen atoms in total. The molecule has 0 aliphatic heterocycles. The monoisotopic (exact) mass is 306 g/mol. The first kappa shape index (κ1) is 15.5. The van der Waals surface area contributed by atoms with Gasteiger partial charge in [-0.15, -0.1) is 11.3 Å². The fraction of sp³-hybridized carbons (Fsp3) is 0.312. The van der Waals surface area contributed by atoms with Gasteiger partial charge in [0.05, 0.1) is 0 Å². The number of carbonyl (C=O) groups excluding carboxylic acids is 1. The quantitative estimate of drug-likeness (QED) is 0.844. The van der Waals surface area contributed by atoms with Crippen molar-refractivity contribution in [2.75, 3.05) is 6.54 Å². The molecule has 0 saturated carbocycles. The molecule has 2 N–H and O–H groups in total. The van der Waals surface area contributed by atoms with E-state index in [2.05, 4.69) is 16.7 Å². The summed E-state index contributed by atoms with van der Waals surface area (Å²) in [7, 11) is 0. The summed E-state index contributed by atoms with van der Waals surface area (Å²) in [6.07, 6.45) is 1.44. The van der Waals surface area contributed by atoms with Gasteiger partial charge in [0.1, 0.15) is 5.82 Å². The number of benzene rings is 1. The van der Waals surface area contributed by atoms with Crippen LogP contribution >= 0.6 is 11.3 Å². The van der Waals surface area contributed by atoms with E-state index in [9.17, 15) is 9.18 Å². The van der Waals surface area contributed by atoms with E-state index >= 15 is 0 Å². The Hall–Kier alpha value is -1.88. The van der Waals surface area contributed by atoms with Crippen LogP contribution in [-0.4, -0.2) is 18.6 Å². The van der Waals surface area contributed by atoms with Gasteiger partial charge in [0.25, 0.3) is 0 Å². The minimum absolute atomic E-state index is 0.0813. The molecule has 0 saturated heterocycles. The summed E-state index contributed by atoms with van der Waals surface area (Å²) < 4.78 is 13.0. The number of carbonyl (C=O) groups is 1. The van der Waals surface area contributed by atoms with Gasteiger partial charge in [-0.1, -0.05) is 18.2 Å². The second-order valence-electron chi connectivity index (χ2n) is 4.96. The standard InChI is InChI=1S/C16H19FN2OS/c1-12(10-15-6-3-9-21-15)19-16(20)18-8-7-13-4-2-5-14(17)11-13/h2-6,9,11-12H,7-8,10H2,1H3,(H2,18,19,20). The molecule has 112 valence electrons. The number of thiophene rings is 1. The van der Waals surface area contributed by atoms with Gasteiger partial charge in [-0.25, -0.2) is 9.18 Å². The number of halogens is 1. The van der Waals surface area contributed by atoms with E-state index in [4.69, 9.17) is 0 Å². The van der Waals surface area contributed by atoms with Gasteiger partial charge in [-0.05, 0) is 42.5 Å². The first-order valence-corrected chi connectivity index (χ1v) is 7.82. The lowest BCUT2D eigenvalue weighted by Gasteiger charge is -2.13. The molecule has 5 heteroatoms. The molecule has 0 aliphatic carbocycles. The largest absolute Gasteiger partial charge is 0.338 e. The predicted molar refractivity (Wildman–Crippen MR) is 84.1 cm³/mol. The molecular formula is C16H19FN2OS. The van der Waals surface area contributed by atoms with Crippen LogP contribution in [0.2, 0.25) is 0 Å². The van der Waals surface area contributed by atoms with Crippen LogP contribution in [0.25, 0.3) is 0 Å². The summed E-state index contributed by atoms with van der Waals surface area (Å²) in [5.74, 6) is -0.249. The molecule has 0 aliphatic rings. The first-order valence-electron chi connectivity index (χ1n) is 6.94. The zero-order valence-electron chi connectivity index (χ0n) is 11.9. The predicted octanol–water partition coefficient (Wildman–Crippen LogP) is 3.36. The van der Waals surface area contributed by atoms with Crippen molar-refractivity contribution >= 4 is 17.4 Å². The van der Waals surface area contributed by atoms with Gasteiger partial charge in [0.2, 0.25) is 0 Å². The molecule has 1 aromatic heterocycles. The van der Waals surface area contributed by atoms with Gasteiger partial charge in [0, 0.05) is 23.9 Å². The highest BCUT2D eigenvalue weighted by molar-refractivity contribution is 7.09. The third-order valence-electron chi connectivity index (χ3n) is 3.05. The van der Waals surface area contributed by atoms with Gasteiger partial charge in [0.15, 0.2) is 0 Å².